The second kappa shape index (κ2) is 15.4. The van der Waals surface area contributed by atoms with Gasteiger partial charge in [-0.2, -0.15) is 0 Å². The fourth-order valence-electron chi connectivity index (χ4n) is 5.80. The molecule has 0 bridgehead atoms. The van der Waals surface area contributed by atoms with Gasteiger partial charge in [0.2, 0.25) is 0 Å². The molecular formula is C43H37P2+. The van der Waals surface area contributed by atoms with Gasteiger partial charge in [0.1, 0.15) is 23.2 Å². The van der Waals surface area contributed by atoms with E-state index in [1.54, 1.807) is 0 Å². The molecule has 45 heavy (non-hydrogen) atoms. The van der Waals surface area contributed by atoms with Crippen LogP contribution >= 0.6 is 15.2 Å². The van der Waals surface area contributed by atoms with Crippen molar-refractivity contribution in [2.45, 2.75) is 6.16 Å². The molecule has 7 aromatic rings. The van der Waals surface area contributed by atoms with E-state index in [-0.39, 0.29) is 0 Å². The van der Waals surface area contributed by atoms with Crippen LogP contribution in [0.5, 0.6) is 0 Å². The monoisotopic (exact) mass is 615 g/mol. The molecule has 0 saturated carbocycles. The summed E-state index contributed by atoms with van der Waals surface area (Å²) in [5.41, 5.74) is 1.39. The molecule has 0 fully saturated rings. The highest BCUT2D eigenvalue weighted by Gasteiger charge is 2.45. The van der Waals surface area contributed by atoms with Crippen molar-refractivity contribution in [2.75, 3.05) is 0 Å². The van der Waals surface area contributed by atoms with E-state index in [2.05, 4.69) is 212 Å². The zero-order valence-corrected chi connectivity index (χ0v) is 27.1. The van der Waals surface area contributed by atoms with Crippen LogP contribution in [0.15, 0.2) is 212 Å². The Morgan fingerprint density at radius 1 is 0.289 bits per heavy atom. The van der Waals surface area contributed by atoms with Gasteiger partial charge in [-0.3, -0.25) is 0 Å². The molecule has 0 N–H and O–H groups in total. The maximum atomic E-state index is 2.30. The Labute approximate surface area is 270 Å². The summed E-state index contributed by atoms with van der Waals surface area (Å²) in [6.45, 7) is 0. The summed E-state index contributed by atoms with van der Waals surface area (Å²) < 4.78 is 0. The molecule has 0 nitrogen and oxygen atoms in total. The number of hydrogen-bond donors (Lipinski definition) is 0. The summed E-state index contributed by atoms with van der Waals surface area (Å²) in [7, 11) is -2.22. The molecule has 0 aliphatic rings. The molecule has 7 rings (SSSR count). The first-order valence-corrected chi connectivity index (χ1v) is 18.7. The van der Waals surface area contributed by atoms with Gasteiger partial charge in [-0.05, 0) is 65.8 Å². The van der Waals surface area contributed by atoms with Gasteiger partial charge in [0.15, 0.2) is 0 Å². The molecule has 0 amide bonds. The van der Waals surface area contributed by atoms with Crippen LogP contribution in [0, 0.1) is 0 Å². The van der Waals surface area contributed by atoms with Crippen molar-refractivity contribution in [2.24, 2.45) is 0 Å². The summed E-state index contributed by atoms with van der Waals surface area (Å²) in [6.07, 6.45) is 1.03. The lowest BCUT2D eigenvalue weighted by molar-refractivity contribution is 1.39. The van der Waals surface area contributed by atoms with Crippen molar-refractivity contribution < 1.29 is 0 Å². The Bertz CT molecular complexity index is 1640. The first-order chi connectivity index (χ1) is 22.3. The van der Waals surface area contributed by atoms with Gasteiger partial charge in [-0.25, -0.2) is 0 Å². The van der Waals surface area contributed by atoms with Crippen molar-refractivity contribution in [3.05, 3.63) is 218 Å². The van der Waals surface area contributed by atoms with Gasteiger partial charge in [0.05, 0.1) is 6.16 Å². The maximum absolute atomic E-state index is 2.30. The molecule has 218 valence electrons. The average Bonchev–Trinajstić information content (AvgIpc) is 3.14. The lowest BCUT2D eigenvalue weighted by atomic mass is 10.2. The van der Waals surface area contributed by atoms with Gasteiger partial charge in [-0.1, -0.05) is 176 Å². The van der Waals surface area contributed by atoms with Crippen molar-refractivity contribution in [3.8, 4) is 0 Å². The molecule has 0 aromatic heterocycles. The predicted molar refractivity (Wildman–Crippen MR) is 200 cm³/mol. The minimum atomic E-state index is -1.78. The molecule has 0 saturated heterocycles. The third-order valence-electron chi connectivity index (χ3n) is 7.90. The van der Waals surface area contributed by atoms with E-state index in [0.717, 1.165) is 6.16 Å². The van der Waals surface area contributed by atoms with Gasteiger partial charge in [-0.15, -0.1) is 0 Å². The second-order valence-electron chi connectivity index (χ2n) is 10.8. The van der Waals surface area contributed by atoms with Crippen molar-refractivity contribution in [1.29, 1.82) is 0 Å². The zero-order valence-electron chi connectivity index (χ0n) is 25.3. The predicted octanol–water partition coefficient (Wildman–Crippen LogP) is 8.63. The smallest absolute Gasteiger partial charge is 0.0622 e. The average molecular weight is 616 g/mol. The van der Waals surface area contributed by atoms with Crippen molar-refractivity contribution >= 4 is 47.0 Å². The molecule has 0 unspecified atom stereocenters. The molecule has 0 spiro atoms. The van der Waals surface area contributed by atoms with Crippen LogP contribution in [-0.2, 0) is 6.16 Å². The van der Waals surface area contributed by atoms with Gasteiger partial charge in [0.25, 0.3) is 0 Å². The quantitative estimate of drug-likeness (QED) is 0.150. The topological polar surface area (TPSA) is 0 Å². The van der Waals surface area contributed by atoms with Gasteiger partial charge < -0.3 is 0 Å². The van der Waals surface area contributed by atoms with Gasteiger partial charge >= 0.3 is 0 Å². The first-order valence-electron chi connectivity index (χ1n) is 15.4. The minimum absolute atomic E-state index is 0.446. The molecule has 0 heterocycles. The van der Waals surface area contributed by atoms with E-state index in [0.29, 0.717) is 0 Å². The number of benzene rings is 7. The Hall–Kier alpha value is -4.60. The van der Waals surface area contributed by atoms with E-state index < -0.39 is 15.2 Å². The fraction of sp³-hybridized carbons (Fsp3) is 0.0233. The Morgan fingerprint density at radius 3 is 0.822 bits per heavy atom. The molecule has 0 atom stereocenters. The summed E-state index contributed by atoms with van der Waals surface area (Å²) >= 11 is 0. The van der Waals surface area contributed by atoms with E-state index >= 15 is 0 Å². The van der Waals surface area contributed by atoms with Crippen LogP contribution in [0.4, 0.5) is 0 Å². The summed E-state index contributed by atoms with van der Waals surface area (Å²) in [5.74, 6) is 0. The fourth-order valence-corrected chi connectivity index (χ4v) is 12.4. The van der Waals surface area contributed by atoms with Crippen LogP contribution < -0.4 is 31.8 Å². The third kappa shape index (κ3) is 7.38. The van der Waals surface area contributed by atoms with Crippen molar-refractivity contribution in [1.82, 2.24) is 0 Å². The highest BCUT2D eigenvalue weighted by atomic mass is 31.2. The molecule has 0 aliphatic carbocycles. The molecule has 7 aromatic carbocycles. The van der Waals surface area contributed by atoms with E-state index in [9.17, 15) is 0 Å². The molecule has 0 radical (unpaired) electrons. The van der Waals surface area contributed by atoms with Gasteiger partial charge in [0, 0.05) is 0 Å². The van der Waals surface area contributed by atoms with Crippen LogP contribution in [-0.4, -0.2) is 0 Å². The Balaban J connectivity index is 0.000000167. The Kier molecular flexibility index (Phi) is 10.4. The maximum Gasteiger partial charge on any atom is 0.116 e. The highest BCUT2D eigenvalue weighted by molar-refractivity contribution is 7.95. The van der Waals surface area contributed by atoms with Crippen molar-refractivity contribution in [3.63, 3.8) is 0 Å². The van der Waals surface area contributed by atoms with E-state index in [1.807, 2.05) is 0 Å². The zero-order chi connectivity index (χ0) is 30.6. The SMILES string of the molecule is c1ccc(C[P+](c2ccccc2)(c2ccccc2)c2ccccc2)cc1.c1ccc(P(c2ccccc2)c2ccccc2)cc1. The Morgan fingerprint density at radius 2 is 0.533 bits per heavy atom. The largest absolute Gasteiger partial charge is 0.116 e. The van der Waals surface area contributed by atoms with Crippen LogP contribution in [0.25, 0.3) is 0 Å². The summed E-state index contributed by atoms with van der Waals surface area (Å²) in [6, 6.07) is 76.4. The summed E-state index contributed by atoms with van der Waals surface area (Å²) in [5, 5.41) is 8.49. The number of hydrogen-bond acceptors (Lipinski definition) is 0. The lowest BCUT2D eigenvalue weighted by Gasteiger charge is -2.27. The summed E-state index contributed by atoms with van der Waals surface area (Å²) in [4.78, 5) is 0. The van der Waals surface area contributed by atoms with Crippen LogP contribution in [0.1, 0.15) is 5.56 Å². The van der Waals surface area contributed by atoms with E-state index in [4.69, 9.17) is 0 Å². The molecule has 0 aliphatic heterocycles. The lowest BCUT2D eigenvalue weighted by Crippen LogP contribution is -2.32. The standard InChI is InChI=1S/C25H22P.C18H15P/c1-5-13-22(14-6-1)21-26(23-15-7-2-8-16-23,24-17-9-3-10-18-24)25-19-11-4-12-20-25;1-4-10-16(11-5-1)19(17-12-6-2-7-13-17)18-14-8-3-9-15-18/h1-20H,21H2;1-15H/q+1;. The van der Waals surface area contributed by atoms with Crippen LogP contribution in [0.2, 0.25) is 0 Å². The normalized spacial score (nSPS) is 11.0. The highest BCUT2D eigenvalue weighted by Crippen LogP contribution is 2.58. The third-order valence-corrected chi connectivity index (χ3v) is 14.7. The molecule has 2 heteroatoms. The number of rotatable bonds is 8. The first kappa shape index (κ1) is 30.4. The minimum Gasteiger partial charge on any atom is -0.0622 e. The van der Waals surface area contributed by atoms with E-state index in [1.165, 1.54) is 37.4 Å². The van der Waals surface area contributed by atoms with Crippen LogP contribution in [0.3, 0.4) is 0 Å². The second-order valence-corrected chi connectivity index (χ2v) is 16.5. The molecular weight excluding hydrogens is 578 g/mol.